The van der Waals surface area contributed by atoms with E-state index in [0.29, 0.717) is 0 Å². The zero-order valence-corrected chi connectivity index (χ0v) is 14.7. The lowest BCUT2D eigenvalue weighted by molar-refractivity contribution is 0.352. The summed E-state index contributed by atoms with van der Waals surface area (Å²) < 4.78 is 11.8. The molecule has 0 aliphatic carbocycles. The van der Waals surface area contributed by atoms with Crippen molar-refractivity contribution >= 4 is 28.3 Å². The van der Waals surface area contributed by atoms with Gasteiger partial charge in [0.15, 0.2) is 11.5 Å². The van der Waals surface area contributed by atoms with E-state index in [-0.39, 0.29) is 0 Å². The number of hydrogen-bond donors (Lipinski definition) is 1. The Kier molecular flexibility index (Phi) is 5.73. The summed E-state index contributed by atoms with van der Waals surface area (Å²) in [5, 5.41) is 3.43. The molecular weight excluding hydrogens is 377 g/mol. The van der Waals surface area contributed by atoms with Gasteiger partial charge in [0.2, 0.25) is 0 Å². The molecule has 0 heterocycles. The zero-order chi connectivity index (χ0) is 15.2. The van der Waals surface area contributed by atoms with Gasteiger partial charge in [-0.1, -0.05) is 19.1 Å². The molecule has 0 radical (unpaired) electrons. The first kappa shape index (κ1) is 15.9. The SMILES string of the molecule is CCc1ccc(NCc2cc(I)c(OC)c(OC)c2)cc1. The quantitative estimate of drug-likeness (QED) is 0.729. The predicted molar refractivity (Wildman–Crippen MR) is 95.4 cm³/mol. The van der Waals surface area contributed by atoms with Crippen molar-refractivity contribution in [1.29, 1.82) is 0 Å². The lowest BCUT2D eigenvalue weighted by Gasteiger charge is -2.13. The number of nitrogens with one attached hydrogen (secondary N) is 1. The summed E-state index contributed by atoms with van der Waals surface area (Å²) >= 11 is 2.27. The van der Waals surface area contributed by atoms with Crippen LogP contribution < -0.4 is 14.8 Å². The fraction of sp³-hybridized carbons (Fsp3) is 0.294. The number of halogens is 1. The van der Waals surface area contributed by atoms with Gasteiger partial charge in [0.05, 0.1) is 17.8 Å². The monoisotopic (exact) mass is 397 g/mol. The van der Waals surface area contributed by atoms with Crippen LogP contribution in [0.4, 0.5) is 5.69 Å². The van der Waals surface area contributed by atoms with Gasteiger partial charge in [-0.15, -0.1) is 0 Å². The molecule has 0 unspecified atom stereocenters. The molecule has 0 saturated heterocycles. The maximum Gasteiger partial charge on any atom is 0.174 e. The highest BCUT2D eigenvalue weighted by molar-refractivity contribution is 14.1. The van der Waals surface area contributed by atoms with Crippen molar-refractivity contribution in [2.75, 3.05) is 19.5 Å². The van der Waals surface area contributed by atoms with Crippen LogP contribution in [0.25, 0.3) is 0 Å². The zero-order valence-electron chi connectivity index (χ0n) is 12.6. The summed E-state index contributed by atoms with van der Waals surface area (Å²) in [6.07, 6.45) is 1.06. The van der Waals surface area contributed by atoms with Gasteiger partial charge in [-0.2, -0.15) is 0 Å². The van der Waals surface area contributed by atoms with Crippen LogP contribution in [0.1, 0.15) is 18.1 Å². The van der Waals surface area contributed by atoms with E-state index < -0.39 is 0 Å². The van der Waals surface area contributed by atoms with Crippen molar-refractivity contribution < 1.29 is 9.47 Å². The molecule has 3 nitrogen and oxygen atoms in total. The summed E-state index contributed by atoms with van der Waals surface area (Å²) in [5.41, 5.74) is 3.63. The molecule has 0 atom stereocenters. The number of methoxy groups -OCH3 is 2. The fourth-order valence-electron chi connectivity index (χ4n) is 2.14. The van der Waals surface area contributed by atoms with Gasteiger partial charge < -0.3 is 14.8 Å². The van der Waals surface area contributed by atoms with Gasteiger partial charge in [0.1, 0.15) is 0 Å². The second-order valence-corrected chi connectivity index (χ2v) is 5.88. The molecule has 0 aliphatic rings. The van der Waals surface area contributed by atoms with Crippen molar-refractivity contribution in [3.05, 3.63) is 51.1 Å². The van der Waals surface area contributed by atoms with Crippen molar-refractivity contribution in [1.82, 2.24) is 0 Å². The van der Waals surface area contributed by atoms with Gasteiger partial charge in [0, 0.05) is 12.2 Å². The number of benzene rings is 2. The van der Waals surface area contributed by atoms with Crippen LogP contribution in [0.5, 0.6) is 11.5 Å². The Bertz CT molecular complexity index is 596. The minimum Gasteiger partial charge on any atom is -0.493 e. The van der Waals surface area contributed by atoms with E-state index in [2.05, 4.69) is 65.2 Å². The molecule has 112 valence electrons. The molecule has 0 aliphatic heterocycles. The lowest BCUT2D eigenvalue weighted by Crippen LogP contribution is -2.02. The van der Waals surface area contributed by atoms with Crippen LogP contribution in [0.3, 0.4) is 0 Å². The first-order chi connectivity index (χ1) is 10.2. The Labute approximate surface area is 139 Å². The molecule has 2 rings (SSSR count). The van der Waals surface area contributed by atoms with E-state index in [4.69, 9.17) is 9.47 Å². The summed E-state index contributed by atoms with van der Waals surface area (Å²) in [4.78, 5) is 0. The number of anilines is 1. The van der Waals surface area contributed by atoms with E-state index in [0.717, 1.165) is 39.3 Å². The molecule has 4 heteroatoms. The van der Waals surface area contributed by atoms with Crippen LogP contribution >= 0.6 is 22.6 Å². The van der Waals surface area contributed by atoms with Crippen LogP contribution in [0, 0.1) is 3.57 Å². The van der Waals surface area contributed by atoms with Gasteiger partial charge in [-0.3, -0.25) is 0 Å². The average molecular weight is 397 g/mol. The highest BCUT2D eigenvalue weighted by Gasteiger charge is 2.10. The van der Waals surface area contributed by atoms with Crippen LogP contribution in [-0.4, -0.2) is 14.2 Å². The number of hydrogen-bond acceptors (Lipinski definition) is 3. The maximum absolute atomic E-state index is 5.38. The van der Waals surface area contributed by atoms with Crippen LogP contribution in [-0.2, 0) is 13.0 Å². The smallest absolute Gasteiger partial charge is 0.174 e. The van der Waals surface area contributed by atoms with E-state index in [1.807, 2.05) is 6.07 Å². The average Bonchev–Trinajstić information content (AvgIpc) is 2.52. The summed E-state index contributed by atoms with van der Waals surface area (Å²) in [6, 6.07) is 12.7. The van der Waals surface area contributed by atoms with Gasteiger partial charge in [0.25, 0.3) is 0 Å². The molecule has 0 saturated carbocycles. The molecule has 1 N–H and O–H groups in total. The fourth-order valence-corrected chi connectivity index (χ4v) is 3.02. The molecule has 0 aromatic heterocycles. The second kappa shape index (κ2) is 7.54. The summed E-state index contributed by atoms with van der Waals surface area (Å²) in [5.74, 6) is 1.55. The van der Waals surface area contributed by atoms with E-state index >= 15 is 0 Å². The number of aryl methyl sites for hydroxylation is 1. The van der Waals surface area contributed by atoms with Crippen molar-refractivity contribution in [2.45, 2.75) is 19.9 Å². The third-order valence-corrected chi connectivity index (χ3v) is 4.15. The number of rotatable bonds is 6. The molecule has 2 aromatic rings. The Hall–Kier alpha value is -1.43. The minimum absolute atomic E-state index is 0.752. The van der Waals surface area contributed by atoms with Gasteiger partial charge in [-0.05, 0) is 64.4 Å². The summed E-state index contributed by atoms with van der Waals surface area (Å²) in [7, 11) is 3.32. The van der Waals surface area contributed by atoms with Gasteiger partial charge in [-0.25, -0.2) is 0 Å². The third-order valence-electron chi connectivity index (χ3n) is 3.35. The molecule has 0 fully saturated rings. The van der Waals surface area contributed by atoms with Gasteiger partial charge >= 0.3 is 0 Å². The molecule has 0 spiro atoms. The maximum atomic E-state index is 5.38. The van der Waals surface area contributed by atoms with Crippen molar-refractivity contribution in [3.8, 4) is 11.5 Å². The summed E-state index contributed by atoms with van der Waals surface area (Å²) in [6.45, 7) is 2.91. The third kappa shape index (κ3) is 4.03. The predicted octanol–water partition coefficient (Wildman–Crippen LogP) is 4.48. The second-order valence-electron chi connectivity index (χ2n) is 4.72. The van der Waals surface area contributed by atoms with Crippen LogP contribution in [0.2, 0.25) is 0 Å². The molecular formula is C17H20INO2. The van der Waals surface area contributed by atoms with Crippen molar-refractivity contribution in [2.24, 2.45) is 0 Å². The highest BCUT2D eigenvalue weighted by Crippen LogP contribution is 2.33. The number of ether oxygens (including phenoxy) is 2. The normalized spacial score (nSPS) is 10.3. The topological polar surface area (TPSA) is 30.5 Å². The van der Waals surface area contributed by atoms with Crippen LogP contribution in [0.15, 0.2) is 36.4 Å². The van der Waals surface area contributed by atoms with E-state index in [1.54, 1.807) is 14.2 Å². The molecule has 0 amide bonds. The Balaban J connectivity index is 2.10. The van der Waals surface area contributed by atoms with Crippen molar-refractivity contribution in [3.63, 3.8) is 0 Å². The standard InChI is InChI=1S/C17H20INO2/c1-4-12-5-7-14(8-6-12)19-11-13-9-15(18)17(21-3)16(10-13)20-2/h5-10,19H,4,11H2,1-3H3. The molecule has 0 bridgehead atoms. The minimum atomic E-state index is 0.752. The Morgan fingerprint density at radius 3 is 2.29 bits per heavy atom. The van der Waals surface area contributed by atoms with E-state index in [1.165, 1.54) is 5.56 Å². The first-order valence-electron chi connectivity index (χ1n) is 6.91. The Morgan fingerprint density at radius 2 is 1.71 bits per heavy atom. The first-order valence-corrected chi connectivity index (χ1v) is 7.99. The van der Waals surface area contributed by atoms with E-state index in [9.17, 15) is 0 Å². The Morgan fingerprint density at radius 1 is 1.00 bits per heavy atom. The highest BCUT2D eigenvalue weighted by atomic mass is 127. The lowest BCUT2D eigenvalue weighted by atomic mass is 10.1. The molecule has 21 heavy (non-hydrogen) atoms. The largest absolute Gasteiger partial charge is 0.493 e. The molecule has 2 aromatic carbocycles.